The van der Waals surface area contributed by atoms with E-state index in [9.17, 15) is 17.9 Å². The molecule has 2 N–H and O–H groups in total. The van der Waals surface area contributed by atoms with Gasteiger partial charge in [-0.2, -0.15) is 0 Å². The lowest BCUT2D eigenvalue weighted by Crippen LogP contribution is -2.42. The molecule has 1 atom stereocenters. The summed E-state index contributed by atoms with van der Waals surface area (Å²) in [5.74, 6) is -0.430. The normalized spacial score (nSPS) is 19.1. The molecule has 1 fully saturated rings. The van der Waals surface area contributed by atoms with Crippen LogP contribution in [0.15, 0.2) is 24.3 Å². The van der Waals surface area contributed by atoms with Crippen LogP contribution in [-0.2, 0) is 15.8 Å². The molecule has 1 aromatic rings. The van der Waals surface area contributed by atoms with Crippen molar-refractivity contribution in [2.45, 2.75) is 31.1 Å². The molecule has 0 spiro atoms. The number of aliphatic hydroxyl groups is 1. The van der Waals surface area contributed by atoms with Crippen LogP contribution in [0.25, 0.3) is 0 Å². The third kappa shape index (κ3) is 4.26. The zero-order valence-electron chi connectivity index (χ0n) is 10.8. The second-order valence-corrected chi connectivity index (χ2v) is 7.14. The summed E-state index contributed by atoms with van der Waals surface area (Å²) < 4.78 is 38.9. The molecular formula is C13H18FNO3S. The molecule has 19 heavy (non-hydrogen) atoms. The van der Waals surface area contributed by atoms with Gasteiger partial charge >= 0.3 is 0 Å². The van der Waals surface area contributed by atoms with E-state index in [2.05, 4.69) is 4.72 Å². The Labute approximate surface area is 112 Å². The minimum Gasteiger partial charge on any atom is -0.389 e. The molecule has 4 nitrogen and oxygen atoms in total. The minimum absolute atomic E-state index is 0.0151. The lowest BCUT2D eigenvalue weighted by atomic mass is 10.0. The van der Waals surface area contributed by atoms with E-state index >= 15 is 0 Å². The first kappa shape index (κ1) is 14.4. The average molecular weight is 287 g/mol. The van der Waals surface area contributed by atoms with Gasteiger partial charge in [-0.15, -0.1) is 0 Å². The van der Waals surface area contributed by atoms with Crippen molar-refractivity contribution in [2.75, 3.05) is 6.54 Å². The standard InChI is InChI=1S/C13H18FNO3S/c1-13(16,11-4-5-11)9-15-19(17,18)8-10-2-6-12(14)7-3-10/h2-3,6-7,11,15-16H,4-5,8-9H2,1H3. The maximum atomic E-state index is 12.7. The maximum Gasteiger partial charge on any atom is 0.215 e. The van der Waals surface area contributed by atoms with Crippen LogP contribution in [0.3, 0.4) is 0 Å². The number of sulfonamides is 1. The van der Waals surface area contributed by atoms with Crippen LogP contribution < -0.4 is 4.72 Å². The Kier molecular flexibility index (Phi) is 3.94. The van der Waals surface area contributed by atoms with Crippen LogP contribution in [0.1, 0.15) is 25.3 Å². The highest BCUT2D eigenvalue weighted by Crippen LogP contribution is 2.39. The molecule has 0 amide bonds. The van der Waals surface area contributed by atoms with Crippen LogP contribution in [-0.4, -0.2) is 25.7 Å². The second kappa shape index (κ2) is 5.19. The van der Waals surface area contributed by atoms with Crippen LogP contribution in [0.4, 0.5) is 4.39 Å². The molecule has 2 rings (SSSR count). The molecule has 0 radical (unpaired) electrons. The largest absolute Gasteiger partial charge is 0.389 e. The Morgan fingerprint density at radius 1 is 1.37 bits per heavy atom. The summed E-state index contributed by atoms with van der Waals surface area (Å²) in [5.41, 5.74) is -0.476. The highest BCUT2D eigenvalue weighted by Gasteiger charge is 2.40. The van der Waals surface area contributed by atoms with Crippen molar-refractivity contribution in [1.29, 1.82) is 0 Å². The Balaban J connectivity index is 1.93. The number of hydrogen-bond donors (Lipinski definition) is 2. The van der Waals surface area contributed by atoms with Gasteiger partial charge in [-0.3, -0.25) is 0 Å². The Bertz CT molecular complexity index is 536. The lowest BCUT2D eigenvalue weighted by Gasteiger charge is -2.23. The van der Waals surface area contributed by atoms with Gasteiger partial charge < -0.3 is 5.11 Å². The molecule has 1 aromatic carbocycles. The van der Waals surface area contributed by atoms with E-state index in [0.29, 0.717) is 5.56 Å². The fourth-order valence-corrected chi connectivity index (χ4v) is 3.20. The number of hydrogen-bond acceptors (Lipinski definition) is 3. The topological polar surface area (TPSA) is 66.4 Å². The van der Waals surface area contributed by atoms with E-state index in [4.69, 9.17) is 0 Å². The predicted molar refractivity (Wildman–Crippen MR) is 70.4 cm³/mol. The Morgan fingerprint density at radius 3 is 2.47 bits per heavy atom. The van der Waals surface area contributed by atoms with Crippen LogP contribution in [0.2, 0.25) is 0 Å². The summed E-state index contributed by atoms with van der Waals surface area (Å²) in [5, 5.41) is 10.0. The van der Waals surface area contributed by atoms with Crippen molar-refractivity contribution in [3.05, 3.63) is 35.6 Å². The van der Waals surface area contributed by atoms with Crippen molar-refractivity contribution in [3.63, 3.8) is 0 Å². The SMILES string of the molecule is CC(O)(CNS(=O)(=O)Cc1ccc(F)cc1)C1CC1. The molecule has 0 aliphatic heterocycles. The number of nitrogens with one attached hydrogen (secondary N) is 1. The van der Waals surface area contributed by atoms with E-state index in [1.165, 1.54) is 24.3 Å². The molecular weight excluding hydrogens is 269 g/mol. The minimum atomic E-state index is -3.52. The third-order valence-electron chi connectivity index (χ3n) is 3.38. The van der Waals surface area contributed by atoms with Crippen LogP contribution >= 0.6 is 0 Å². The molecule has 106 valence electrons. The molecule has 0 aromatic heterocycles. The van der Waals surface area contributed by atoms with Crippen molar-refractivity contribution < 1.29 is 17.9 Å². The monoisotopic (exact) mass is 287 g/mol. The molecule has 6 heteroatoms. The van der Waals surface area contributed by atoms with Gasteiger partial charge in [0, 0.05) is 6.54 Å². The molecule has 0 bridgehead atoms. The summed E-state index contributed by atoms with van der Waals surface area (Å²) in [4.78, 5) is 0. The summed E-state index contributed by atoms with van der Waals surface area (Å²) in [6, 6.07) is 5.33. The van der Waals surface area contributed by atoms with Crippen molar-refractivity contribution in [2.24, 2.45) is 5.92 Å². The van der Waals surface area contributed by atoms with Crippen LogP contribution in [0, 0.1) is 11.7 Å². The van der Waals surface area contributed by atoms with Gasteiger partial charge in [-0.1, -0.05) is 12.1 Å². The molecule has 1 aliphatic rings. The highest BCUT2D eigenvalue weighted by molar-refractivity contribution is 7.88. The molecule has 1 saturated carbocycles. The summed E-state index contributed by atoms with van der Waals surface area (Å²) in [7, 11) is -3.52. The van der Waals surface area contributed by atoms with Crippen molar-refractivity contribution in [1.82, 2.24) is 4.72 Å². The zero-order chi connectivity index (χ0) is 14.1. The maximum absolute atomic E-state index is 12.7. The van der Waals surface area contributed by atoms with E-state index in [-0.39, 0.29) is 18.2 Å². The van der Waals surface area contributed by atoms with E-state index in [0.717, 1.165) is 12.8 Å². The number of rotatable bonds is 6. The zero-order valence-corrected chi connectivity index (χ0v) is 11.6. The first-order valence-corrected chi connectivity index (χ1v) is 7.88. The van der Waals surface area contributed by atoms with Gasteiger partial charge in [0.05, 0.1) is 11.4 Å². The van der Waals surface area contributed by atoms with Gasteiger partial charge in [0.2, 0.25) is 10.0 Å². The average Bonchev–Trinajstić information content (AvgIpc) is 3.14. The molecule has 1 unspecified atom stereocenters. The summed E-state index contributed by atoms with van der Waals surface area (Å²) in [6.45, 7) is 1.66. The number of halogens is 1. The first-order valence-electron chi connectivity index (χ1n) is 6.23. The fourth-order valence-electron chi connectivity index (χ4n) is 1.96. The predicted octanol–water partition coefficient (Wildman–Crippen LogP) is 1.41. The van der Waals surface area contributed by atoms with Gasteiger partial charge in [0.15, 0.2) is 0 Å². The fraction of sp³-hybridized carbons (Fsp3) is 0.538. The summed E-state index contributed by atoms with van der Waals surface area (Å²) in [6.07, 6.45) is 1.87. The van der Waals surface area contributed by atoms with Crippen molar-refractivity contribution >= 4 is 10.0 Å². The highest BCUT2D eigenvalue weighted by atomic mass is 32.2. The summed E-state index contributed by atoms with van der Waals surface area (Å²) >= 11 is 0. The van der Waals surface area contributed by atoms with E-state index < -0.39 is 21.4 Å². The third-order valence-corrected chi connectivity index (χ3v) is 4.67. The lowest BCUT2D eigenvalue weighted by molar-refractivity contribution is 0.0422. The Morgan fingerprint density at radius 2 is 1.95 bits per heavy atom. The molecule has 0 heterocycles. The van der Waals surface area contributed by atoms with Gasteiger partial charge in [0.1, 0.15) is 5.82 Å². The van der Waals surface area contributed by atoms with Crippen molar-refractivity contribution in [3.8, 4) is 0 Å². The smallest absolute Gasteiger partial charge is 0.215 e. The molecule has 1 aliphatic carbocycles. The number of benzene rings is 1. The second-order valence-electron chi connectivity index (χ2n) is 5.34. The van der Waals surface area contributed by atoms with E-state index in [1.807, 2.05) is 0 Å². The first-order chi connectivity index (χ1) is 8.78. The Hall–Kier alpha value is -0.980. The quantitative estimate of drug-likeness (QED) is 0.831. The van der Waals surface area contributed by atoms with Gasteiger partial charge in [-0.25, -0.2) is 17.5 Å². The molecule has 0 saturated heterocycles. The van der Waals surface area contributed by atoms with Crippen LogP contribution in [0.5, 0.6) is 0 Å². The van der Waals surface area contributed by atoms with Gasteiger partial charge in [-0.05, 0) is 43.4 Å². The van der Waals surface area contributed by atoms with Gasteiger partial charge in [0.25, 0.3) is 0 Å². The van der Waals surface area contributed by atoms with E-state index in [1.54, 1.807) is 6.92 Å².